The van der Waals surface area contributed by atoms with Crippen LogP contribution in [0.15, 0.2) is 0 Å². The van der Waals surface area contributed by atoms with Crippen molar-refractivity contribution in [1.82, 2.24) is 5.32 Å². The largest absolute Gasteiger partial charge is 0.382 e. The van der Waals surface area contributed by atoms with Gasteiger partial charge in [-0.2, -0.15) is 0 Å². The quantitative estimate of drug-likeness (QED) is 0.0633. The molecule has 0 saturated heterocycles. The second-order valence-corrected chi connectivity index (χ2v) is 15.3. The van der Waals surface area contributed by atoms with E-state index in [-0.39, 0.29) is 5.91 Å². The molecule has 1 atom stereocenters. The summed E-state index contributed by atoms with van der Waals surface area (Å²) in [6.07, 6.45) is 43.7. The van der Waals surface area contributed by atoms with Crippen LogP contribution in [0.3, 0.4) is 0 Å². The zero-order valence-electron chi connectivity index (χ0n) is 34.9. The van der Waals surface area contributed by atoms with Gasteiger partial charge < -0.3 is 24.3 Å². The van der Waals surface area contributed by atoms with Crippen molar-refractivity contribution in [3.63, 3.8) is 0 Å². The Bertz CT molecular complexity index is 648. The van der Waals surface area contributed by atoms with Gasteiger partial charge in [-0.15, -0.1) is 0 Å². The Morgan fingerprint density at radius 3 is 1.16 bits per heavy atom. The number of hydrogen-bond acceptors (Lipinski definition) is 5. The molecule has 0 aliphatic rings. The highest BCUT2D eigenvalue weighted by molar-refractivity contribution is 5.80. The van der Waals surface area contributed by atoms with E-state index in [1.165, 1.54) is 193 Å². The SMILES string of the molecule is CCCCCCCCCCCCCCCCCCOC[C@@H](OCCCCCCCCCCCCCCCCCC)C(=O)NCCCOCCOC. The van der Waals surface area contributed by atoms with Crippen LogP contribution in [-0.2, 0) is 23.7 Å². The van der Waals surface area contributed by atoms with Crippen LogP contribution < -0.4 is 5.32 Å². The fourth-order valence-corrected chi connectivity index (χ4v) is 6.76. The molecule has 0 bridgehead atoms. The smallest absolute Gasteiger partial charge is 0.251 e. The molecule has 306 valence electrons. The Labute approximate surface area is 319 Å². The molecule has 0 heterocycles. The maximum atomic E-state index is 12.9. The van der Waals surface area contributed by atoms with E-state index in [0.717, 1.165) is 19.3 Å². The Hall–Kier alpha value is -0.690. The molecule has 0 aromatic rings. The molecule has 6 heteroatoms. The summed E-state index contributed by atoms with van der Waals surface area (Å²) in [4.78, 5) is 12.9. The van der Waals surface area contributed by atoms with Gasteiger partial charge in [-0.1, -0.05) is 206 Å². The Morgan fingerprint density at radius 1 is 0.412 bits per heavy atom. The van der Waals surface area contributed by atoms with E-state index in [0.29, 0.717) is 46.2 Å². The molecule has 0 unspecified atom stereocenters. The molecule has 0 aromatic carbocycles. The van der Waals surface area contributed by atoms with Crippen LogP contribution in [0.5, 0.6) is 0 Å². The Balaban J connectivity index is 3.91. The van der Waals surface area contributed by atoms with Crippen molar-refractivity contribution >= 4 is 5.91 Å². The van der Waals surface area contributed by atoms with E-state index in [4.69, 9.17) is 18.9 Å². The topological polar surface area (TPSA) is 66.0 Å². The maximum Gasteiger partial charge on any atom is 0.251 e. The lowest BCUT2D eigenvalue weighted by Crippen LogP contribution is -2.40. The third-order valence-corrected chi connectivity index (χ3v) is 10.2. The zero-order valence-corrected chi connectivity index (χ0v) is 34.9. The summed E-state index contributed by atoms with van der Waals surface area (Å²) in [6, 6.07) is 0. The molecule has 0 aromatic heterocycles. The van der Waals surface area contributed by atoms with Crippen molar-refractivity contribution in [2.75, 3.05) is 53.3 Å². The van der Waals surface area contributed by atoms with Gasteiger partial charge in [0.2, 0.25) is 0 Å². The zero-order chi connectivity index (χ0) is 37.0. The highest BCUT2D eigenvalue weighted by Gasteiger charge is 2.19. The van der Waals surface area contributed by atoms with Crippen LogP contribution in [0.2, 0.25) is 0 Å². The minimum atomic E-state index is -0.531. The number of carbonyl (C=O) groups is 1. The van der Waals surface area contributed by atoms with Gasteiger partial charge >= 0.3 is 0 Å². The number of carbonyl (C=O) groups excluding carboxylic acids is 1. The van der Waals surface area contributed by atoms with Crippen molar-refractivity contribution < 1.29 is 23.7 Å². The second kappa shape index (κ2) is 45.5. The standard InChI is InChI=1S/C45H91NO5/c1-4-6-8-10-12-14-16-18-20-22-24-26-28-30-32-34-38-50-43-44(45(47)46-37-36-39-49-42-41-48-3)51-40-35-33-31-29-27-25-23-21-19-17-15-13-11-9-7-5-2/h44H,4-43H2,1-3H3,(H,46,47)/t44-/m1/s1. The molecule has 0 fully saturated rings. The van der Waals surface area contributed by atoms with Crippen LogP contribution in [0, 0.1) is 0 Å². The summed E-state index contributed by atoms with van der Waals surface area (Å²) >= 11 is 0. The molecular formula is C45H91NO5. The first kappa shape index (κ1) is 50.3. The lowest BCUT2D eigenvalue weighted by molar-refractivity contribution is -0.137. The lowest BCUT2D eigenvalue weighted by Gasteiger charge is -2.18. The minimum Gasteiger partial charge on any atom is -0.382 e. The number of amides is 1. The predicted octanol–water partition coefficient (Wildman–Crippen LogP) is 13.1. The fourth-order valence-electron chi connectivity index (χ4n) is 6.76. The van der Waals surface area contributed by atoms with Crippen molar-refractivity contribution in [1.29, 1.82) is 0 Å². The third-order valence-electron chi connectivity index (χ3n) is 10.2. The number of hydrogen-bond donors (Lipinski definition) is 1. The summed E-state index contributed by atoms with van der Waals surface area (Å²) in [6.45, 7) is 8.64. The van der Waals surface area contributed by atoms with Gasteiger partial charge in [-0.3, -0.25) is 4.79 Å². The molecule has 0 radical (unpaired) electrons. The third kappa shape index (κ3) is 41.9. The summed E-state index contributed by atoms with van der Waals surface area (Å²) < 4.78 is 22.6. The summed E-state index contributed by atoms with van der Waals surface area (Å²) in [5.41, 5.74) is 0. The van der Waals surface area contributed by atoms with Crippen molar-refractivity contribution in [2.45, 2.75) is 232 Å². The number of ether oxygens (including phenoxy) is 4. The molecule has 1 N–H and O–H groups in total. The monoisotopic (exact) mass is 726 g/mol. The molecule has 1 amide bonds. The van der Waals surface area contributed by atoms with Crippen LogP contribution in [0.1, 0.15) is 226 Å². The van der Waals surface area contributed by atoms with E-state index in [1.807, 2.05) is 0 Å². The van der Waals surface area contributed by atoms with Crippen LogP contribution in [0.4, 0.5) is 0 Å². The van der Waals surface area contributed by atoms with Crippen LogP contribution in [0.25, 0.3) is 0 Å². The van der Waals surface area contributed by atoms with Gasteiger partial charge in [0, 0.05) is 33.5 Å². The maximum absolute atomic E-state index is 12.9. The highest BCUT2D eigenvalue weighted by Crippen LogP contribution is 2.15. The molecule has 0 saturated carbocycles. The van der Waals surface area contributed by atoms with Gasteiger partial charge in [0.25, 0.3) is 5.91 Å². The molecule has 6 nitrogen and oxygen atoms in total. The molecule has 0 aliphatic carbocycles. The number of nitrogens with one attached hydrogen (secondary N) is 1. The first-order chi connectivity index (χ1) is 25.3. The lowest BCUT2D eigenvalue weighted by atomic mass is 10.0. The predicted molar refractivity (Wildman–Crippen MR) is 220 cm³/mol. The Kier molecular flexibility index (Phi) is 44.9. The first-order valence-corrected chi connectivity index (χ1v) is 22.8. The van der Waals surface area contributed by atoms with Crippen LogP contribution in [-0.4, -0.2) is 65.3 Å². The average Bonchev–Trinajstić information content (AvgIpc) is 3.14. The van der Waals surface area contributed by atoms with E-state index >= 15 is 0 Å². The van der Waals surface area contributed by atoms with Crippen molar-refractivity contribution in [2.24, 2.45) is 0 Å². The molecule has 51 heavy (non-hydrogen) atoms. The van der Waals surface area contributed by atoms with Crippen molar-refractivity contribution in [3.8, 4) is 0 Å². The number of methoxy groups -OCH3 is 1. The van der Waals surface area contributed by atoms with E-state index in [9.17, 15) is 4.79 Å². The van der Waals surface area contributed by atoms with Crippen LogP contribution >= 0.6 is 0 Å². The van der Waals surface area contributed by atoms with Gasteiger partial charge in [0.05, 0.1) is 19.8 Å². The van der Waals surface area contributed by atoms with Gasteiger partial charge in [-0.05, 0) is 19.3 Å². The molecule has 0 spiro atoms. The second-order valence-electron chi connectivity index (χ2n) is 15.3. The minimum absolute atomic E-state index is 0.0599. The van der Waals surface area contributed by atoms with E-state index < -0.39 is 6.10 Å². The molecule has 0 rings (SSSR count). The first-order valence-electron chi connectivity index (χ1n) is 22.8. The molecule has 0 aliphatic heterocycles. The summed E-state index contributed by atoms with van der Waals surface area (Å²) in [5.74, 6) is -0.0599. The van der Waals surface area contributed by atoms with Gasteiger partial charge in [0.15, 0.2) is 6.10 Å². The normalized spacial score (nSPS) is 12.1. The van der Waals surface area contributed by atoms with E-state index in [2.05, 4.69) is 19.2 Å². The van der Waals surface area contributed by atoms with Gasteiger partial charge in [0.1, 0.15) is 0 Å². The average molecular weight is 726 g/mol. The Morgan fingerprint density at radius 2 is 0.765 bits per heavy atom. The highest BCUT2D eigenvalue weighted by atomic mass is 16.5. The summed E-state index contributed by atoms with van der Waals surface area (Å²) in [5, 5.41) is 3.03. The number of unbranched alkanes of at least 4 members (excludes halogenated alkanes) is 30. The van der Waals surface area contributed by atoms with Crippen molar-refractivity contribution in [3.05, 3.63) is 0 Å². The summed E-state index contributed by atoms with van der Waals surface area (Å²) in [7, 11) is 1.67. The number of rotatable bonds is 45. The molecular weight excluding hydrogens is 634 g/mol. The fraction of sp³-hybridized carbons (Fsp3) is 0.978. The van der Waals surface area contributed by atoms with E-state index in [1.54, 1.807) is 7.11 Å². The van der Waals surface area contributed by atoms with Gasteiger partial charge in [-0.25, -0.2) is 0 Å².